The van der Waals surface area contributed by atoms with E-state index >= 15 is 0 Å². The van der Waals surface area contributed by atoms with Gasteiger partial charge >= 0.3 is 0 Å². The maximum absolute atomic E-state index is 13.2. The smallest absolute Gasteiger partial charge is 0.181 e. The fourth-order valence-corrected chi connectivity index (χ4v) is 3.77. The van der Waals surface area contributed by atoms with Gasteiger partial charge in [-0.05, 0) is 55.3 Å². The Balaban J connectivity index is 1.55. The van der Waals surface area contributed by atoms with E-state index in [2.05, 4.69) is 20.4 Å². The average Bonchev–Trinajstić information content (AvgIpc) is 3.41. The summed E-state index contributed by atoms with van der Waals surface area (Å²) in [6.45, 7) is 0. The van der Waals surface area contributed by atoms with Crippen LogP contribution in [0.5, 0.6) is 0 Å². The topological polar surface area (TPSA) is 70.2 Å². The van der Waals surface area contributed by atoms with Crippen LogP contribution in [0.15, 0.2) is 42.5 Å². The summed E-state index contributed by atoms with van der Waals surface area (Å²) in [4.78, 5) is 4.72. The Labute approximate surface area is 149 Å². The van der Waals surface area contributed by atoms with Crippen molar-refractivity contribution in [3.8, 4) is 22.6 Å². The second-order valence-corrected chi connectivity index (χ2v) is 6.87. The molecule has 1 aliphatic rings. The lowest BCUT2D eigenvalue weighted by Gasteiger charge is -2.02. The third-order valence-electron chi connectivity index (χ3n) is 5.18. The molecule has 130 valence electrons. The second kappa shape index (κ2) is 6.05. The maximum Gasteiger partial charge on any atom is 0.181 e. The molecule has 5 rings (SSSR count). The summed E-state index contributed by atoms with van der Waals surface area (Å²) in [6.07, 6.45) is 4.90. The van der Waals surface area contributed by atoms with Crippen LogP contribution in [0, 0.1) is 5.82 Å². The molecule has 1 aliphatic carbocycles. The fraction of sp³-hybridized carbons (Fsp3) is 0.250. The lowest BCUT2D eigenvalue weighted by molar-refractivity contribution is 0.628. The molecule has 1 fully saturated rings. The molecule has 0 bridgehead atoms. The third kappa shape index (κ3) is 2.58. The van der Waals surface area contributed by atoms with Crippen molar-refractivity contribution in [3.05, 3.63) is 54.1 Å². The Bertz CT molecular complexity index is 1060. The minimum absolute atomic E-state index is 0.255. The zero-order valence-corrected chi connectivity index (χ0v) is 14.2. The van der Waals surface area contributed by atoms with Gasteiger partial charge in [0.15, 0.2) is 5.82 Å². The molecule has 4 aromatic rings. The number of halogens is 1. The van der Waals surface area contributed by atoms with Gasteiger partial charge in [0.05, 0.1) is 11.2 Å². The molecule has 6 heteroatoms. The lowest BCUT2D eigenvalue weighted by Crippen LogP contribution is -1.94. The molecule has 2 heterocycles. The molecule has 0 atom stereocenters. The number of H-pyrrole nitrogens is 2. The molecule has 2 N–H and O–H groups in total. The minimum Gasteiger partial charge on any atom is -0.277 e. The van der Waals surface area contributed by atoms with Crippen LogP contribution in [-0.4, -0.2) is 25.4 Å². The second-order valence-electron chi connectivity index (χ2n) is 6.87. The van der Waals surface area contributed by atoms with E-state index in [4.69, 9.17) is 4.98 Å². The van der Waals surface area contributed by atoms with Gasteiger partial charge in [-0.15, -0.1) is 0 Å². The van der Waals surface area contributed by atoms with Crippen molar-refractivity contribution in [2.45, 2.75) is 31.6 Å². The van der Waals surface area contributed by atoms with E-state index in [0.717, 1.165) is 33.5 Å². The van der Waals surface area contributed by atoms with Crippen LogP contribution in [0.3, 0.4) is 0 Å². The molecule has 1 saturated carbocycles. The Morgan fingerprint density at radius 1 is 0.885 bits per heavy atom. The Kier molecular flexibility index (Phi) is 3.55. The van der Waals surface area contributed by atoms with Crippen molar-refractivity contribution >= 4 is 10.9 Å². The van der Waals surface area contributed by atoms with Crippen LogP contribution in [-0.2, 0) is 0 Å². The number of hydrogen-bond donors (Lipinski definition) is 2. The molecule has 0 spiro atoms. The number of nitrogens with one attached hydrogen (secondary N) is 2. The van der Waals surface area contributed by atoms with E-state index < -0.39 is 0 Å². The number of rotatable bonds is 3. The number of nitrogens with zero attached hydrogens (tertiary/aromatic N) is 3. The number of benzene rings is 2. The summed E-state index contributed by atoms with van der Waals surface area (Å²) < 4.78 is 13.2. The van der Waals surface area contributed by atoms with E-state index in [9.17, 15) is 4.39 Å². The minimum atomic E-state index is -0.255. The van der Waals surface area contributed by atoms with Crippen molar-refractivity contribution in [1.82, 2.24) is 25.4 Å². The molecule has 26 heavy (non-hydrogen) atoms. The Hall–Kier alpha value is -3.02. The lowest BCUT2D eigenvalue weighted by atomic mass is 10.1. The molecule has 0 saturated heterocycles. The number of hydrogen-bond acceptors (Lipinski definition) is 3. The predicted octanol–water partition coefficient (Wildman–Crippen LogP) is 4.81. The molecule has 5 nitrogen and oxygen atoms in total. The van der Waals surface area contributed by atoms with Gasteiger partial charge in [-0.3, -0.25) is 10.2 Å². The van der Waals surface area contributed by atoms with Crippen molar-refractivity contribution in [2.24, 2.45) is 0 Å². The average molecular weight is 347 g/mol. The van der Waals surface area contributed by atoms with Gasteiger partial charge < -0.3 is 0 Å². The van der Waals surface area contributed by atoms with Gasteiger partial charge in [-0.25, -0.2) is 9.37 Å². The highest BCUT2D eigenvalue weighted by atomic mass is 19.1. The molecule has 0 unspecified atom stereocenters. The van der Waals surface area contributed by atoms with Gasteiger partial charge in [-0.2, -0.15) is 10.2 Å². The summed E-state index contributed by atoms with van der Waals surface area (Å²) in [5.74, 6) is 1.95. The first-order chi connectivity index (χ1) is 12.8. The van der Waals surface area contributed by atoms with Crippen LogP contribution in [0.4, 0.5) is 4.39 Å². The Morgan fingerprint density at radius 3 is 2.46 bits per heavy atom. The van der Waals surface area contributed by atoms with Crippen LogP contribution < -0.4 is 0 Å². The molecule has 2 aromatic carbocycles. The predicted molar refractivity (Wildman–Crippen MR) is 98.1 cm³/mol. The van der Waals surface area contributed by atoms with E-state index in [1.165, 1.54) is 37.8 Å². The van der Waals surface area contributed by atoms with Gasteiger partial charge in [0, 0.05) is 22.4 Å². The van der Waals surface area contributed by atoms with Crippen molar-refractivity contribution < 1.29 is 4.39 Å². The summed E-state index contributed by atoms with van der Waals surface area (Å²) in [6, 6.07) is 12.4. The molecule has 0 aliphatic heterocycles. The van der Waals surface area contributed by atoms with Crippen LogP contribution in [0.1, 0.15) is 37.4 Å². The van der Waals surface area contributed by atoms with Crippen molar-refractivity contribution in [3.63, 3.8) is 0 Å². The molecule has 0 amide bonds. The highest BCUT2D eigenvalue weighted by Gasteiger charge is 2.21. The monoisotopic (exact) mass is 347 g/mol. The zero-order chi connectivity index (χ0) is 17.5. The van der Waals surface area contributed by atoms with E-state index in [0.29, 0.717) is 11.7 Å². The molecular formula is C20H18FN5. The quantitative estimate of drug-likeness (QED) is 0.558. The zero-order valence-electron chi connectivity index (χ0n) is 14.2. The summed E-state index contributed by atoms with van der Waals surface area (Å²) >= 11 is 0. The SMILES string of the molecule is Fc1ccc(-c2n[nH]c3ccc(-c4n[nH]c(C5CCCC5)n4)cc23)cc1. The van der Waals surface area contributed by atoms with Gasteiger partial charge in [0.1, 0.15) is 11.6 Å². The molecular weight excluding hydrogens is 329 g/mol. The van der Waals surface area contributed by atoms with Gasteiger partial charge in [0.2, 0.25) is 0 Å². The summed E-state index contributed by atoms with van der Waals surface area (Å²) in [7, 11) is 0. The molecule has 0 radical (unpaired) electrons. The normalized spacial score (nSPS) is 15.1. The number of aromatic amines is 2. The van der Waals surface area contributed by atoms with Crippen LogP contribution >= 0.6 is 0 Å². The molecule has 2 aromatic heterocycles. The van der Waals surface area contributed by atoms with Crippen molar-refractivity contribution in [1.29, 1.82) is 0 Å². The van der Waals surface area contributed by atoms with E-state index in [1.54, 1.807) is 12.1 Å². The summed E-state index contributed by atoms with van der Waals surface area (Å²) in [5.41, 5.74) is 3.55. The number of fused-ring (bicyclic) bond motifs is 1. The first kappa shape index (κ1) is 15.3. The van der Waals surface area contributed by atoms with Crippen molar-refractivity contribution in [2.75, 3.05) is 0 Å². The van der Waals surface area contributed by atoms with Crippen LogP contribution in [0.2, 0.25) is 0 Å². The van der Waals surface area contributed by atoms with Gasteiger partial charge in [-0.1, -0.05) is 12.8 Å². The largest absolute Gasteiger partial charge is 0.277 e. The van der Waals surface area contributed by atoms with Gasteiger partial charge in [0.25, 0.3) is 0 Å². The highest BCUT2D eigenvalue weighted by Crippen LogP contribution is 2.34. The summed E-state index contributed by atoms with van der Waals surface area (Å²) in [5, 5.41) is 15.9. The third-order valence-corrected chi connectivity index (χ3v) is 5.18. The Morgan fingerprint density at radius 2 is 1.65 bits per heavy atom. The first-order valence-corrected chi connectivity index (χ1v) is 8.95. The van der Waals surface area contributed by atoms with E-state index in [1.807, 2.05) is 18.2 Å². The maximum atomic E-state index is 13.2. The highest BCUT2D eigenvalue weighted by molar-refractivity contribution is 5.95. The standard InChI is InChI=1S/C20H18FN5/c21-15-8-5-12(6-9-15)18-16-11-14(7-10-17(16)23-24-18)20-22-19(25-26-20)13-3-1-2-4-13/h5-11,13H,1-4H2,(H,23,24)(H,22,25,26). The van der Waals surface area contributed by atoms with Crippen LogP contribution in [0.25, 0.3) is 33.5 Å². The first-order valence-electron chi connectivity index (χ1n) is 8.95. The number of aromatic nitrogens is 5. The fourth-order valence-electron chi connectivity index (χ4n) is 3.77. The van der Waals surface area contributed by atoms with E-state index in [-0.39, 0.29) is 5.82 Å².